The van der Waals surface area contributed by atoms with E-state index < -0.39 is 5.97 Å². The standard InChI is InChI=1S/C6H6O3/c1-4-5(8-2)3-6(7)9-4/h3H,1H2,2H3. The van der Waals surface area contributed by atoms with Crippen molar-refractivity contribution in [2.24, 2.45) is 0 Å². The lowest BCUT2D eigenvalue weighted by molar-refractivity contribution is -0.132. The fourth-order valence-corrected chi connectivity index (χ4v) is 0.561. The van der Waals surface area contributed by atoms with Gasteiger partial charge in [-0.05, 0) is 0 Å². The minimum Gasteiger partial charge on any atom is -0.493 e. The van der Waals surface area contributed by atoms with Crippen molar-refractivity contribution in [1.82, 2.24) is 0 Å². The van der Waals surface area contributed by atoms with Crippen molar-refractivity contribution < 1.29 is 14.3 Å². The van der Waals surface area contributed by atoms with E-state index in [9.17, 15) is 4.79 Å². The fraction of sp³-hybridized carbons (Fsp3) is 0.167. The van der Waals surface area contributed by atoms with E-state index in [-0.39, 0.29) is 5.76 Å². The van der Waals surface area contributed by atoms with E-state index in [1.165, 1.54) is 13.2 Å². The maximum atomic E-state index is 10.4. The normalized spacial score (nSPS) is 17.2. The Hall–Kier alpha value is -1.25. The van der Waals surface area contributed by atoms with E-state index in [0.717, 1.165) is 0 Å². The predicted octanol–water partition coefficient (Wildman–Crippen LogP) is 0.587. The molecule has 0 saturated heterocycles. The van der Waals surface area contributed by atoms with Gasteiger partial charge >= 0.3 is 5.97 Å². The molecule has 0 amide bonds. The summed E-state index contributed by atoms with van der Waals surface area (Å²) in [4.78, 5) is 10.4. The van der Waals surface area contributed by atoms with Crippen molar-refractivity contribution in [1.29, 1.82) is 0 Å². The maximum absolute atomic E-state index is 10.4. The van der Waals surface area contributed by atoms with Crippen molar-refractivity contribution in [3.05, 3.63) is 24.2 Å². The molecule has 0 radical (unpaired) electrons. The minimum atomic E-state index is -0.420. The van der Waals surface area contributed by atoms with Crippen molar-refractivity contribution in [3.8, 4) is 0 Å². The molecule has 1 aliphatic rings. The van der Waals surface area contributed by atoms with Gasteiger partial charge in [-0.3, -0.25) is 0 Å². The SMILES string of the molecule is C=C1OC(=O)C=C1OC. The van der Waals surface area contributed by atoms with E-state index in [2.05, 4.69) is 11.3 Å². The first-order chi connectivity index (χ1) is 4.24. The van der Waals surface area contributed by atoms with Gasteiger partial charge in [-0.15, -0.1) is 0 Å². The largest absolute Gasteiger partial charge is 0.493 e. The molecule has 0 saturated carbocycles. The summed E-state index contributed by atoms with van der Waals surface area (Å²) < 4.78 is 9.22. The van der Waals surface area contributed by atoms with Gasteiger partial charge in [-0.25, -0.2) is 4.79 Å². The van der Waals surface area contributed by atoms with Crippen LogP contribution in [0.4, 0.5) is 0 Å². The van der Waals surface area contributed by atoms with E-state index in [4.69, 9.17) is 4.74 Å². The molecule has 0 atom stereocenters. The molecule has 0 fully saturated rings. The molecule has 0 aromatic rings. The summed E-state index contributed by atoms with van der Waals surface area (Å²) in [5, 5.41) is 0. The number of hydrogen-bond acceptors (Lipinski definition) is 3. The Morgan fingerprint density at radius 1 is 1.78 bits per heavy atom. The van der Waals surface area contributed by atoms with E-state index in [1.54, 1.807) is 0 Å². The first-order valence-electron chi connectivity index (χ1n) is 2.41. The predicted molar refractivity (Wildman–Crippen MR) is 30.3 cm³/mol. The van der Waals surface area contributed by atoms with Crippen LogP contribution in [0.5, 0.6) is 0 Å². The lowest BCUT2D eigenvalue weighted by atomic mass is 10.4. The first kappa shape index (κ1) is 5.88. The van der Waals surface area contributed by atoms with Gasteiger partial charge < -0.3 is 9.47 Å². The van der Waals surface area contributed by atoms with Crippen molar-refractivity contribution in [2.75, 3.05) is 7.11 Å². The van der Waals surface area contributed by atoms with Crippen LogP contribution < -0.4 is 0 Å². The molecule has 1 aliphatic heterocycles. The van der Waals surface area contributed by atoms with Gasteiger partial charge in [0.25, 0.3) is 0 Å². The van der Waals surface area contributed by atoms with Crippen LogP contribution in [0.3, 0.4) is 0 Å². The molecular weight excluding hydrogens is 120 g/mol. The summed E-state index contributed by atoms with van der Waals surface area (Å²) in [6.45, 7) is 3.42. The summed E-state index contributed by atoms with van der Waals surface area (Å²) in [6, 6.07) is 0. The fourth-order valence-electron chi connectivity index (χ4n) is 0.561. The van der Waals surface area contributed by atoms with Crippen LogP contribution in [0.15, 0.2) is 24.2 Å². The second-order valence-electron chi connectivity index (χ2n) is 1.56. The quantitative estimate of drug-likeness (QED) is 0.482. The van der Waals surface area contributed by atoms with Crippen LogP contribution in [0.2, 0.25) is 0 Å². The van der Waals surface area contributed by atoms with Crippen LogP contribution in [0, 0.1) is 0 Å². The number of methoxy groups -OCH3 is 1. The Balaban J connectivity index is 2.80. The van der Waals surface area contributed by atoms with Gasteiger partial charge in [0, 0.05) is 0 Å². The minimum absolute atomic E-state index is 0.280. The first-order valence-corrected chi connectivity index (χ1v) is 2.41. The van der Waals surface area contributed by atoms with Crippen LogP contribution in [0.1, 0.15) is 0 Å². The average Bonchev–Trinajstić information content (AvgIpc) is 2.10. The molecule has 9 heavy (non-hydrogen) atoms. The highest BCUT2D eigenvalue weighted by Crippen LogP contribution is 2.16. The molecule has 48 valence electrons. The summed E-state index contributed by atoms with van der Waals surface area (Å²) >= 11 is 0. The molecule has 3 nitrogen and oxygen atoms in total. The third-order valence-corrected chi connectivity index (χ3v) is 0.967. The zero-order valence-corrected chi connectivity index (χ0v) is 5.01. The maximum Gasteiger partial charge on any atom is 0.340 e. The Bertz CT molecular complexity index is 190. The second kappa shape index (κ2) is 1.93. The van der Waals surface area contributed by atoms with E-state index in [1.807, 2.05) is 0 Å². The smallest absolute Gasteiger partial charge is 0.340 e. The number of esters is 1. The number of cyclic esters (lactones) is 1. The third kappa shape index (κ3) is 0.937. The Morgan fingerprint density at radius 2 is 2.44 bits per heavy atom. The zero-order valence-electron chi connectivity index (χ0n) is 5.01. The summed E-state index contributed by atoms with van der Waals surface area (Å²) in [5.41, 5.74) is 0. The molecule has 0 N–H and O–H groups in total. The number of carbonyl (C=O) groups is 1. The second-order valence-corrected chi connectivity index (χ2v) is 1.56. The average molecular weight is 126 g/mol. The number of carbonyl (C=O) groups excluding carboxylic acids is 1. The number of rotatable bonds is 1. The van der Waals surface area contributed by atoms with Crippen LogP contribution >= 0.6 is 0 Å². The van der Waals surface area contributed by atoms with Crippen molar-refractivity contribution >= 4 is 5.97 Å². The van der Waals surface area contributed by atoms with Crippen LogP contribution in [0.25, 0.3) is 0 Å². The number of hydrogen-bond donors (Lipinski definition) is 0. The molecule has 0 aromatic carbocycles. The lowest BCUT2D eigenvalue weighted by Crippen LogP contribution is -1.89. The summed E-state index contributed by atoms with van der Waals surface area (Å²) in [7, 11) is 1.46. The lowest BCUT2D eigenvalue weighted by Gasteiger charge is -1.97. The molecule has 0 spiro atoms. The third-order valence-electron chi connectivity index (χ3n) is 0.967. The van der Waals surface area contributed by atoms with Crippen LogP contribution in [-0.4, -0.2) is 13.1 Å². The van der Waals surface area contributed by atoms with E-state index in [0.29, 0.717) is 5.76 Å². The van der Waals surface area contributed by atoms with Crippen LogP contribution in [-0.2, 0) is 14.3 Å². The molecule has 1 heterocycles. The van der Waals surface area contributed by atoms with Crippen molar-refractivity contribution in [2.45, 2.75) is 0 Å². The monoisotopic (exact) mass is 126 g/mol. The van der Waals surface area contributed by atoms with Gasteiger partial charge in [0.1, 0.15) is 0 Å². The topological polar surface area (TPSA) is 35.5 Å². The molecule has 0 aromatic heterocycles. The van der Waals surface area contributed by atoms with Gasteiger partial charge in [-0.1, -0.05) is 6.58 Å². The molecule has 3 heteroatoms. The number of ether oxygens (including phenoxy) is 2. The molecule has 0 unspecified atom stereocenters. The highest BCUT2D eigenvalue weighted by molar-refractivity contribution is 5.87. The Morgan fingerprint density at radius 3 is 2.67 bits per heavy atom. The molecular formula is C6H6O3. The van der Waals surface area contributed by atoms with Gasteiger partial charge in [-0.2, -0.15) is 0 Å². The Kier molecular flexibility index (Phi) is 1.26. The van der Waals surface area contributed by atoms with Gasteiger partial charge in [0.05, 0.1) is 13.2 Å². The highest BCUT2D eigenvalue weighted by atomic mass is 16.6. The highest BCUT2D eigenvalue weighted by Gasteiger charge is 2.17. The van der Waals surface area contributed by atoms with Crippen molar-refractivity contribution in [3.63, 3.8) is 0 Å². The molecule has 0 aliphatic carbocycles. The molecule has 0 bridgehead atoms. The van der Waals surface area contributed by atoms with Gasteiger partial charge in [0.15, 0.2) is 11.5 Å². The van der Waals surface area contributed by atoms with Gasteiger partial charge in [0.2, 0.25) is 0 Å². The summed E-state index contributed by atoms with van der Waals surface area (Å²) in [6.07, 6.45) is 1.25. The summed E-state index contributed by atoms with van der Waals surface area (Å²) in [5.74, 6) is 0.263. The van der Waals surface area contributed by atoms with E-state index >= 15 is 0 Å². The zero-order chi connectivity index (χ0) is 6.85. The molecule has 1 rings (SSSR count). The Labute approximate surface area is 52.6 Å².